The minimum Gasteiger partial charge on any atom is -0.497 e. The number of nitrogens with one attached hydrogen (secondary N) is 1. The summed E-state index contributed by atoms with van der Waals surface area (Å²) in [4.78, 5) is 16.5. The van der Waals surface area contributed by atoms with Gasteiger partial charge in [-0.3, -0.25) is 4.79 Å². The van der Waals surface area contributed by atoms with E-state index in [1.165, 1.54) is 0 Å². The number of carbonyl (C=O) groups is 1. The highest BCUT2D eigenvalue weighted by Gasteiger charge is 2.17. The molecule has 0 spiro atoms. The molecule has 0 radical (unpaired) electrons. The zero-order chi connectivity index (χ0) is 18.3. The fraction of sp³-hybridized carbons (Fsp3) is 0.474. The van der Waals surface area contributed by atoms with Crippen LogP contribution in [0, 0.1) is 0 Å². The lowest BCUT2D eigenvalue weighted by Gasteiger charge is -2.14. The van der Waals surface area contributed by atoms with E-state index in [9.17, 15) is 4.79 Å². The number of aromatic nitrogens is 1. The number of carbonyl (C=O) groups excluding carboxylic acids is 1. The van der Waals surface area contributed by atoms with Gasteiger partial charge in [0.1, 0.15) is 18.1 Å². The van der Waals surface area contributed by atoms with Crippen molar-refractivity contribution < 1.29 is 14.3 Å². The molecule has 25 heavy (non-hydrogen) atoms. The van der Waals surface area contributed by atoms with Crippen molar-refractivity contribution in [2.45, 2.75) is 39.0 Å². The van der Waals surface area contributed by atoms with E-state index in [2.05, 4.69) is 36.5 Å². The highest BCUT2D eigenvalue weighted by molar-refractivity contribution is 7.09. The summed E-state index contributed by atoms with van der Waals surface area (Å²) in [5.41, 5.74) is 1.14. The number of rotatable bonds is 8. The third kappa shape index (κ3) is 6.38. The zero-order valence-electron chi connectivity index (χ0n) is 15.3. The number of hydrogen-bond donors (Lipinski definition) is 1. The average molecular weight is 362 g/mol. The van der Waals surface area contributed by atoms with E-state index < -0.39 is 0 Å². The maximum Gasteiger partial charge on any atom is 0.220 e. The Morgan fingerprint density at radius 3 is 2.48 bits per heavy atom. The number of hydrogen-bond acceptors (Lipinski definition) is 5. The van der Waals surface area contributed by atoms with Gasteiger partial charge in [0.25, 0.3) is 0 Å². The summed E-state index contributed by atoms with van der Waals surface area (Å²) in [5, 5.41) is 5.96. The fourth-order valence-corrected chi connectivity index (χ4v) is 3.14. The molecule has 1 N–H and O–H groups in total. The standard InChI is InChI=1S/C19H26N2O3S/c1-19(2,3)16-13-25-18(21-16)10-9-17(22)20-11-12-24-15-7-5-14(23-4)6-8-15/h5-8,13H,9-12H2,1-4H3,(H,20,22). The number of aryl methyl sites for hydroxylation is 1. The van der Waals surface area contributed by atoms with Gasteiger partial charge >= 0.3 is 0 Å². The molecule has 0 aliphatic rings. The van der Waals surface area contributed by atoms with Gasteiger partial charge in [-0.15, -0.1) is 11.3 Å². The van der Waals surface area contributed by atoms with Crippen LogP contribution in [0.25, 0.3) is 0 Å². The first-order valence-electron chi connectivity index (χ1n) is 8.37. The second-order valence-electron chi connectivity index (χ2n) is 6.75. The van der Waals surface area contributed by atoms with Gasteiger partial charge in [0.05, 0.1) is 24.4 Å². The maximum atomic E-state index is 11.9. The van der Waals surface area contributed by atoms with Gasteiger partial charge < -0.3 is 14.8 Å². The summed E-state index contributed by atoms with van der Waals surface area (Å²) in [6.07, 6.45) is 1.12. The Morgan fingerprint density at radius 1 is 1.20 bits per heavy atom. The molecule has 0 bridgehead atoms. The van der Waals surface area contributed by atoms with Gasteiger partial charge in [0.2, 0.25) is 5.91 Å². The van der Waals surface area contributed by atoms with Crippen molar-refractivity contribution in [1.29, 1.82) is 0 Å². The molecule has 2 rings (SSSR count). The number of methoxy groups -OCH3 is 1. The second kappa shape index (κ2) is 8.85. The van der Waals surface area contributed by atoms with Crippen molar-refractivity contribution in [3.63, 3.8) is 0 Å². The van der Waals surface area contributed by atoms with E-state index in [-0.39, 0.29) is 11.3 Å². The molecule has 0 atom stereocenters. The lowest BCUT2D eigenvalue weighted by atomic mass is 9.93. The molecule has 1 heterocycles. The molecule has 1 aromatic carbocycles. The summed E-state index contributed by atoms with van der Waals surface area (Å²) in [6.45, 7) is 7.34. The summed E-state index contributed by atoms with van der Waals surface area (Å²) >= 11 is 1.62. The van der Waals surface area contributed by atoms with Crippen molar-refractivity contribution >= 4 is 17.2 Å². The second-order valence-corrected chi connectivity index (χ2v) is 7.69. The van der Waals surface area contributed by atoms with Gasteiger partial charge in [-0.1, -0.05) is 20.8 Å². The van der Waals surface area contributed by atoms with E-state index in [4.69, 9.17) is 9.47 Å². The van der Waals surface area contributed by atoms with Crippen LogP contribution < -0.4 is 14.8 Å². The molecular formula is C19H26N2O3S. The molecule has 0 unspecified atom stereocenters. The number of ether oxygens (including phenoxy) is 2. The number of thiazole rings is 1. The Morgan fingerprint density at radius 2 is 1.88 bits per heavy atom. The maximum absolute atomic E-state index is 11.9. The lowest BCUT2D eigenvalue weighted by Crippen LogP contribution is -2.28. The third-order valence-corrected chi connectivity index (χ3v) is 4.55. The van der Waals surface area contributed by atoms with Crippen LogP contribution in [0.4, 0.5) is 0 Å². The molecular weight excluding hydrogens is 336 g/mol. The topological polar surface area (TPSA) is 60.5 Å². The molecule has 6 heteroatoms. The highest BCUT2D eigenvalue weighted by atomic mass is 32.1. The molecule has 0 saturated heterocycles. The Hall–Kier alpha value is -2.08. The van der Waals surface area contributed by atoms with Gasteiger partial charge in [-0.25, -0.2) is 4.98 Å². The van der Waals surface area contributed by atoms with E-state index in [1.54, 1.807) is 18.4 Å². The van der Waals surface area contributed by atoms with Crippen LogP contribution in [0.2, 0.25) is 0 Å². The van der Waals surface area contributed by atoms with Gasteiger partial charge in [0.15, 0.2) is 0 Å². The van der Waals surface area contributed by atoms with Crippen LogP contribution in [0.5, 0.6) is 11.5 Å². The Balaban J connectivity index is 1.64. The molecule has 136 valence electrons. The van der Waals surface area contributed by atoms with Crippen LogP contribution in [-0.2, 0) is 16.6 Å². The van der Waals surface area contributed by atoms with E-state index in [0.717, 1.165) is 22.2 Å². The summed E-state index contributed by atoms with van der Waals surface area (Å²) in [6, 6.07) is 7.37. The van der Waals surface area contributed by atoms with Gasteiger partial charge in [-0.05, 0) is 24.3 Å². The molecule has 1 aromatic heterocycles. The highest BCUT2D eigenvalue weighted by Crippen LogP contribution is 2.24. The van der Waals surface area contributed by atoms with Crippen molar-refractivity contribution in [2.75, 3.05) is 20.3 Å². The van der Waals surface area contributed by atoms with Crippen molar-refractivity contribution in [3.8, 4) is 11.5 Å². The SMILES string of the molecule is COc1ccc(OCCNC(=O)CCc2nc(C(C)(C)C)cs2)cc1. The number of nitrogens with zero attached hydrogens (tertiary/aromatic N) is 1. The molecule has 1 amide bonds. The van der Waals surface area contributed by atoms with Crippen LogP contribution in [0.1, 0.15) is 37.9 Å². The van der Waals surface area contributed by atoms with Crippen molar-refractivity contribution in [1.82, 2.24) is 10.3 Å². The van der Waals surface area contributed by atoms with Crippen LogP contribution in [0.3, 0.4) is 0 Å². The normalized spacial score (nSPS) is 11.2. The average Bonchev–Trinajstić information content (AvgIpc) is 3.07. The van der Waals surface area contributed by atoms with Crippen LogP contribution in [-0.4, -0.2) is 31.2 Å². The molecule has 0 saturated carbocycles. The summed E-state index contributed by atoms with van der Waals surface area (Å²) in [5.74, 6) is 1.57. The first-order valence-corrected chi connectivity index (χ1v) is 9.25. The Bertz CT molecular complexity index is 675. The van der Waals surface area contributed by atoms with Crippen LogP contribution >= 0.6 is 11.3 Å². The smallest absolute Gasteiger partial charge is 0.220 e. The van der Waals surface area contributed by atoms with E-state index in [0.29, 0.717) is 26.0 Å². The lowest BCUT2D eigenvalue weighted by molar-refractivity contribution is -0.121. The van der Waals surface area contributed by atoms with E-state index in [1.807, 2.05) is 24.3 Å². The first-order chi connectivity index (χ1) is 11.9. The summed E-state index contributed by atoms with van der Waals surface area (Å²) < 4.78 is 10.7. The Labute approximate surface area is 153 Å². The molecule has 0 aliphatic carbocycles. The monoisotopic (exact) mass is 362 g/mol. The first kappa shape index (κ1) is 19.2. The minimum atomic E-state index is 0.0193. The Kier molecular flexibility index (Phi) is 6.82. The minimum absolute atomic E-state index is 0.0193. The fourth-order valence-electron chi connectivity index (χ4n) is 2.11. The van der Waals surface area contributed by atoms with Crippen molar-refractivity contribution in [3.05, 3.63) is 40.3 Å². The molecule has 0 aliphatic heterocycles. The van der Waals surface area contributed by atoms with Gasteiger partial charge in [0, 0.05) is 23.6 Å². The third-order valence-electron chi connectivity index (χ3n) is 3.64. The summed E-state index contributed by atoms with van der Waals surface area (Å²) in [7, 11) is 1.63. The predicted octanol–water partition coefficient (Wildman–Crippen LogP) is 3.58. The van der Waals surface area contributed by atoms with E-state index >= 15 is 0 Å². The van der Waals surface area contributed by atoms with Gasteiger partial charge in [-0.2, -0.15) is 0 Å². The number of benzene rings is 1. The molecule has 5 nitrogen and oxygen atoms in total. The largest absolute Gasteiger partial charge is 0.497 e. The molecule has 2 aromatic rings. The van der Waals surface area contributed by atoms with Crippen LogP contribution in [0.15, 0.2) is 29.6 Å². The quantitative estimate of drug-likeness (QED) is 0.729. The molecule has 0 fully saturated rings. The zero-order valence-corrected chi connectivity index (χ0v) is 16.1. The predicted molar refractivity (Wildman–Crippen MR) is 101 cm³/mol. The number of amides is 1. The van der Waals surface area contributed by atoms with Crippen molar-refractivity contribution in [2.24, 2.45) is 0 Å².